The summed E-state index contributed by atoms with van der Waals surface area (Å²) in [5, 5.41) is 8.87. The third-order valence-electron chi connectivity index (χ3n) is 3.57. The second kappa shape index (κ2) is 8.97. The van der Waals surface area contributed by atoms with Crippen molar-refractivity contribution in [2.75, 3.05) is 18.1 Å². The van der Waals surface area contributed by atoms with Crippen molar-refractivity contribution in [1.82, 2.24) is 4.98 Å². The van der Waals surface area contributed by atoms with Crippen LogP contribution in [0.4, 0.5) is 5.69 Å². The number of esters is 1. The summed E-state index contributed by atoms with van der Waals surface area (Å²) in [5.41, 5.74) is 2.75. The molecule has 0 spiro atoms. The van der Waals surface area contributed by atoms with Gasteiger partial charge >= 0.3 is 5.97 Å². The third-order valence-corrected chi connectivity index (χ3v) is 3.87. The lowest BCUT2D eigenvalue weighted by atomic mass is 10.1. The molecule has 1 aromatic carbocycles. The molecule has 7 heteroatoms. The van der Waals surface area contributed by atoms with Crippen LogP contribution in [0, 0.1) is 25.2 Å². The fraction of sp³-hybridized carbons (Fsp3) is 0.263. The highest BCUT2D eigenvalue weighted by molar-refractivity contribution is 6.32. The van der Waals surface area contributed by atoms with E-state index in [9.17, 15) is 9.59 Å². The molecule has 1 amide bonds. The van der Waals surface area contributed by atoms with Crippen LogP contribution in [0.5, 0.6) is 0 Å². The van der Waals surface area contributed by atoms with Crippen LogP contribution in [0.3, 0.4) is 0 Å². The molecule has 0 bridgehead atoms. The van der Waals surface area contributed by atoms with Crippen molar-refractivity contribution in [3.05, 3.63) is 58.4 Å². The SMILES string of the molecule is Cc1cc(C)cc(N(CCC#N)C(=O)COC(=O)c2cccnc2Cl)c1. The number of aromatic nitrogens is 1. The maximum absolute atomic E-state index is 12.6. The monoisotopic (exact) mass is 371 g/mol. The number of nitriles is 1. The van der Waals surface area contributed by atoms with E-state index in [1.807, 2.05) is 38.1 Å². The van der Waals surface area contributed by atoms with E-state index in [0.29, 0.717) is 5.69 Å². The van der Waals surface area contributed by atoms with Gasteiger partial charge in [-0.2, -0.15) is 5.26 Å². The number of rotatable bonds is 6. The molecule has 26 heavy (non-hydrogen) atoms. The number of aryl methyl sites for hydroxylation is 2. The average Bonchev–Trinajstić information content (AvgIpc) is 2.59. The fourth-order valence-corrected chi connectivity index (χ4v) is 2.68. The molecule has 6 nitrogen and oxygen atoms in total. The van der Waals surface area contributed by atoms with Crippen LogP contribution in [0.25, 0.3) is 0 Å². The van der Waals surface area contributed by atoms with E-state index < -0.39 is 18.5 Å². The highest BCUT2D eigenvalue weighted by atomic mass is 35.5. The summed E-state index contributed by atoms with van der Waals surface area (Å²) in [4.78, 5) is 29.9. The third kappa shape index (κ3) is 5.04. The van der Waals surface area contributed by atoms with Gasteiger partial charge in [0.15, 0.2) is 6.61 Å². The smallest absolute Gasteiger partial charge is 0.341 e. The topological polar surface area (TPSA) is 83.3 Å². The molecule has 2 rings (SSSR count). The summed E-state index contributed by atoms with van der Waals surface area (Å²) in [6.07, 6.45) is 1.62. The van der Waals surface area contributed by atoms with Crippen molar-refractivity contribution >= 4 is 29.2 Å². The van der Waals surface area contributed by atoms with E-state index in [-0.39, 0.29) is 23.7 Å². The average molecular weight is 372 g/mol. The summed E-state index contributed by atoms with van der Waals surface area (Å²) in [5.74, 6) is -1.14. The Bertz CT molecular complexity index is 841. The van der Waals surface area contributed by atoms with Crippen molar-refractivity contribution in [3.8, 4) is 6.07 Å². The number of anilines is 1. The van der Waals surface area contributed by atoms with Gasteiger partial charge in [-0.05, 0) is 49.2 Å². The fourth-order valence-electron chi connectivity index (χ4n) is 2.49. The summed E-state index contributed by atoms with van der Waals surface area (Å²) in [7, 11) is 0. The number of pyridine rings is 1. The van der Waals surface area contributed by atoms with Gasteiger partial charge in [0.25, 0.3) is 5.91 Å². The Kier molecular flexibility index (Phi) is 6.70. The largest absolute Gasteiger partial charge is 0.452 e. The molecule has 0 atom stereocenters. The van der Waals surface area contributed by atoms with Crippen LogP contribution >= 0.6 is 11.6 Å². The Balaban J connectivity index is 2.13. The Labute approximate surface area is 157 Å². The Morgan fingerprint density at radius 1 is 1.27 bits per heavy atom. The molecule has 0 aliphatic heterocycles. The minimum absolute atomic E-state index is 0.0144. The lowest BCUT2D eigenvalue weighted by Crippen LogP contribution is -2.35. The van der Waals surface area contributed by atoms with Gasteiger partial charge in [-0.25, -0.2) is 9.78 Å². The van der Waals surface area contributed by atoms with Crippen LogP contribution in [0.2, 0.25) is 5.15 Å². The molecule has 1 heterocycles. The maximum Gasteiger partial charge on any atom is 0.341 e. The lowest BCUT2D eigenvalue weighted by molar-refractivity contribution is -0.121. The van der Waals surface area contributed by atoms with Gasteiger partial charge in [-0.1, -0.05) is 17.7 Å². The van der Waals surface area contributed by atoms with Gasteiger partial charge in [0, 0.05) is 18.4 Å². The number of carbonyl (C=O) groups is 2. The molecule has 0 saturated heterocycles. The van der Waals surface area contributed by atoms with Crippen LogP contribution in [0.15, 0.2) is 36.5 Å². The van der Waals surface area contributed by atoms with E-state index in [2.05, 4.69) is 4.98 Å². The molecule has 134 valence electrons. The van der Waals surface area contributed by atoms with Crippen LogP contribution < -0.4 is 4.90 Å². The van der Waals surface area contributed by atoms with Crippen LogP contribution in [0.1, 0.15) is 27.9 Å². The van der Waals surface area contributed by atoms with Gasteiger partial charge in [0.05, 0.1) is 18.1 Å². The quantitative estimate of drug-likeness (QED) is 0.573. The molecule has 0 radical (unpaired) electrons. The van der Waals surface area contributed by atoms with Crippen LogP contribution in [-0.2, 0) is 9.53 Å². The highest BCUT2D eigenvalue weighted by Gasteiger charge is 2.20. The molecule has 2 aromatic rings. The number of carbonyl (C=O) groups excluding carboxylic acids is 2. The first-order valence-corrected chi connectivity index (χ1v) is 8.33. The number of nitrogens with zero attached hydrogens (tertiary/aromatic N) is 3. The Morgan fingerprint density at radius 2 is 1.96 bits per heavy atom. The summed E-state index contributed by atoms with van der Waals surface area (Å²) in [6.45, 7) is 3.60. The van der Waals surface area contributed by atoms with Gasteiger partial charge in [-0.15, -0.1) is 0 Å². The zero-order valence-corrected chi connectivity index (χ0v) is 15.3. The van der Waals surface area contributed by atoms with Gasteiger partial charge in [0.2, 0.25) is 0 Å². The minimum Gasteiger partial charge on any atom is -0.452 e. The first kappa shape index (κ1) is 19.4. The predicted molar refractivity (Wildman–Crippen MR) is 98.0 cm³/mol. The zero-order chi connectivity index (χ0) is 19.1. The number of hydrogen-bond acceptors (Lipinski definition) is 5. The molecular formula is C19H18ClN3O3. The van der Waals surface area contributed by atoms with Crippen molar-refractivity contribution in [2.45, 2.75) is 20.3 Å². The summed E-state index contributed by atoms with van der Waals surface area (Å²) >= 11 is 5.85. The second-order valence-electron chi connectivity index (χ2n) is 5.72. The number of ether oxygens (including phenoxy) is 1. The first-order chi connectivity index (χ1) is 12.4. The maximum atomic E-state index is 12.6. The van der Waals surface area contributed by atoms with Gasteiger partial charge < -0.3 is 9.64 Å². The molecular weight excluding hydrogens is 354 g/mol. The summed E-state index contributed by atoms with van der Waals surface area (Å²) in [6, 6.07) is 10.7. The number of halogens is 1. The summed E-state index contributed by atoms with van der Waals surface area (Å²) < 4.78 is 5.08. The normalized spacial score (nSPS) is 10.1. The standard InChI is InChI=1S/C19H18ClN3O3/c1-13-9-14(2)11-15(10-13)23(8-4-6-21)17(24)12-26-19(25)16-5-3-7-22-18(16)20/h3,5,7,9-11H,4,8,12H2,1-2H3. The molecule has 0 saturated carbocycles. The van der Waals surface area contributed by atoms with Crippen molar-refractivity contribution in [2.24, 2.45) is 0 Å². The van der Waals surface area contributed by atoms with E-state index in [1.54, 1.807) is 6.07 Å². The Morgan fingerprint density at radius 3 is 2.58 bits per heavy atom. The molecule has 0 fully saturated rings. The van der Waals surface area contributed by atoms with E-state index in [1.165, 1.54) is 17.2 Å². The van der Waals surface area contributed by atoms with E-state index in [0.717, 1.165) is 11.1 Å². The number of hydrogen-bond donors (Lipinski definition) is 0. The van der Waals surface area contributed by atoms with Crippen LogP contribution in [-0.4, -0.2) is 30.0 Å². The zero-order valence-electron chi connectivity index (χ0n) is 14.5. The van der Waals surface area contributed by atoms with E-state index >= 15 is 0 Å². The predicted octanol–water partition coefficient (Wildman–Crippen LogP) is 3.46. The second-order valence-corrected chi connectivity index (χ2v) is 6.08. The van der Waals surface area contributed by atoms with Gasteiger partial charge in [0.1, 0.15) is 5.15 Å². The molecule has 0 aliphatic carbocycles. The molecule has 0 aliphatic rings. The molecule has 1 aromatic heterocycles. The van der Waals surface area contributed by atoms with Gasteiger partial charge in [-0.3, -0.25) is 4.79 Å². The van der Waals surface area contributed by atoms with Crippen molar-refractivity contribution in [1.29, 1.82) is 5.26 Å². The lowest BCUT2D eigenvalue weighted by Gasteiger charge is -2.22. The molecule has 0 N–H and O–H groups in total. The Hall–Kier alpha value is -2.91. The van der Waals surface area contributed by atoms with Crippen molar-refractivity contribution < 1.29 is 14.3 Å². The highest BCUT2D eigenvalue weighted by Crippen LogP contribution is 2.20. The molecule has 0 unspecified atom stereocenters. The van der Waals surface area contributed by atoms with Crippen molar-refractivity contribution in [3.63, 3.8) is 0 Å². The first-order valence-electron chi connectivity index (χ1n) is 7.95. The number of benzene rings is 1. The minimum atomic E-state index is -0.725. The number of amides is 1. The van der Waals surface area contributed by atoms with E-state index in [4.69, 9.17) is 21.6 Å².